The van der Waals surface area contributed by atoms with Crippen molar-refractivity contribution in [2.45, 2.75) is 13.3 Å². The van der Waals surface area contributed by atoms with E-state index in [2.05, 4.69) is 10.1 Å². The summed E-state index contributed by atoms with van der Waals surface area (Å²) < 4.78 is 0. The van der Waals surface area contributed by atoms with Crippen LogP contribution in [-0.4, -0.2) is 10.7 Å². The second kappa shape index (κ2) is 3.71. The summed E-state index contributed by atoms with van der Waals surface area (Å²) in [6.07, 6.45) is 2.50. The van der Waals surface area contributed by atoms with Crippen LogP contribution in [0.1, 0.15) is 12.6 Å². The molecule has 0 atom stereocenters. The molecule has 0 amide bonds. The van der Waals surface area contributed by atoms with Crippen molar-refractivity contribution < 1.29 is 0 Å². The lowest BCUT2D eigenvalue weighted by atomic mass is 10.2. The maximum Gasteiger partial charge on any atom is 0.0460 e. The van der Waals surface area contributed by atoms with Crippen molar-refractivity contribution in [2.24, 2.45) is 10.9 Å². The molecule has 0 aromatic carbocycles. The van der Waals surface area contributed by atoms with Crippen LogP contribution >= 0.6 is 0 Å². The van der Waals surface area contributed by atoms with Crippen LogP contribution in [0.5, 0.6) is 0 Å². The highest BCUT2D eigenvalue weighted by atomic mass is 15.1. The first-order chi connectivity index (χ1) is 5.33. The molecule has 0 aliphatic heterocycles. The monoisotopic (exact) mass is 149 g/mol. The number of aromatic nitrogens is 1. The van der Waals surface area contributed by atoms with Crippen LogP contribution in [0.3, 0.4) is 0 Å². The normalized spacial score (nSPS) is 11.5. The third-order valence-electron chi connectivity index (χ3n) is 1.38. The van der Waals surface area contributed by atoms with Crippen molar-refractivity contribution in [1.82, 2.24) is 4.98 Å². The number of nitrogens with zero attached hydrogens (tertiary/aromatic N) is 2. The zero-order valence-electron chi connectivity index (χ0n) is 6.49. The fourth-order valence-electron chi connectivity index (χ4n) is 0.810. The molecule has 3 heteroatoms. The Morgan fingerprint density at radius 2 is 2.45 bits per heavy atom. The molecular formula is C8H11N3. The number of rotatable bonds is 2. The zero-order chi connectivity index (χ0) is 8.10. The number of hydrazone groups is 1. The van der Waals surface area contributed by atoms with Crippen LogP contribution in [0.4, 0.5) is 0 Å². The van der Waals surface area contributed by atoms with Gasteiger partial charge in [-0.1, -0.05) is 6.07 Å². The molecule has 0 aliphatic carbocycles. The van der Waals surface area contributed by atoms with Crippen molar-refractivity contribution in [3.8, 4) is 0 Å². The number of hydrogen-bond donors (Lipinski definition) is 1. The van der Waals surface area contributed by atoms with Crippen LogP contribution in [-0.2, 0) is 6.42 Å². The third kappa shape index (κ3) is 2.37. The molecule has 0 saturated carbocycles. The Hall–Kier alpha value is -1.38. The van der Waals surface area contributed by atoms with E-state index in [4.69, 9.17) is 5.84 Å². The molecule has 0 radical (unpaired) electrons. The molecule has 2 N–H and O–H groups in total. The average molecular weight is 149 g/mol. The van der Waals surface area contributed by atoms with E-state index in [0.717, 1.165) is 17.8 Å². The average Bonchev–Trinajstić information content (AvgIpc) is 2.06. The summed E-state index contributed by atoms with van der Waals surface area (Å²) in [5.41, 5.74) is 1.89. The Bertz CT molecular complexity index is 241. The summed E-state index contributed by atoms with van der Waals surface area (Å²) in [5, 5.41) is 3.56. The van der Waals surface area contributed by atoms with Crippen LogP contribution in [0.15, 0.2) is 29.5 Å². The van der Waals surface area contributed by atoms with Gasteiger partial charge in [-0.3, -0.25) is 4.98 Å². The Morgan fingerprint density at radius 1 is 1.64 bits per heavy atom. The quantitative estimate of drug-likeness (QED) is 0.387. The lowest BCUT2D eigenvalue weighted by Crippen LogP contribution is -2.02. The molecule has 1 heterocycles. The molecule has 58 valence electrons. The van der Waals surface area contributed by atoms with Gasteiger partial charge in [-0.15, -0.1) is 0 Å². The van der Waals surface area contributed by atoms with E-state index < -0.39 is 0 Å². The lowest BCUT2D eigenvalue weighted by molar-refractivity contribution is 1.11. The first-order valence-corrected chi connectivity index (χ1v) is 3.46. The van der Waals surface area contributed by atoms with Gasteiger partial charge < -0.3 is 5.84 Å². The van der Waals surface area contributed by atoms with Crippen LogP contribution in [0, 0.1) is 0 Å². The van der Waals surface area contributed by atoms with Crippen molar-refractivity contribution in [1.29, 1.82) is 0 Å². The van der Waals surface area contributed by atoms with Crippen LogP contribution < -0.4 is 5.84 Å². The standard InChI is InChI=1S/C8H11N3/c1-7(11-9)6-8-4-2-3-5-10-8/h2-5H,6,9H2,1H3. The van der Waals surface area contributed by atoms with E-state index in [1.807, 2.05) is 25.1 Å². The largest absolute Gasteiger partial charge is 0.323 e. The molecule has 1 rings (SSSR count). The van der Waals surface area contributed by atoms with Gasteiger partial charge in [0.05, 0.1) is 0 Å². The number of hydrogen-bond acceptors (Lipinski definition) is 3. The minimum Gasteiger partial charge on any atom is -0.323 e. The second-order valence-electron chi connectivity index (χ2n) is 2.36. The smallest absolute Gasteiger partial charge is 0.0460 e. The van der Waals surface area contributed by atoms with Gasteiger partial charge in [0, 0.05) is 24.0 Å². The highest BCUT2D eigenvalue weighted by Crippen LogP contribution is 1.95. The fourth-order valence-corrected chi connectivity index (χ4v) is 0.810. The molecule has 0 saturated heterocycles. The van der Waals surface area contributed by atoms with E-state index in [0.29, 0.717) is 0 Å². The van der Waals surface area contributed by atoms with Gasteiger partial charge in [0.1, 0.15) is 0 Å². The number of pyridine rings is 1. The molecule has 0 fully saturated rings. The summed E-state index contributed by atoms with van der Waals surface area (Å²) in [5.74, 6) is 5.08. The maximum absolute atomic E-state index is 5.08. The molecule has 3 nitrogen and oxygen atoms in total. The van der Waals surface area contributed by atoms with E-state index in [-0.39, 0.29) is 0 Å². The van der Waals surface area contributed by atoms with Gasteiger partial charge in [0.15, 0.2) is 0 Å². The Morgan fingerprint density at radius 3 is 3.00 bits per heavy atom. The van der Waals surface area contributed by atoms with Crippen molar-refractivity contribution in [3.05, 3.63) is 30.1 Å². The summed E-state index contributed by atoms with van der Waals surface area (Å²) in [6, 6.07) is 5.79. The summed E-state index contributed by atoms with van der Waals surface area (Å²) >= 11 is 0. The van der Waals surface area contributed by atoms with Gasteiger partial charge in [0.25, 0.3) is 0 Å². The van der Waals surface area contributed by atoms with Crippen molar-refractivity contribution in [2.75, 3.05) is 0 Å². The first kappa shape index (κ1) is 7.72. The van der Waals surface area contributed by atoms with E-state index in [1.165, 1.54) is 0 Å². The summed E-state index contributed by atoms with van der Waals surface area (Å²) in [7, 11) is 0. The second-order valence-corrected chi connectivity index (χ2v) is 2.36. The molecule has 0 bridgehead atoms. The van der Waals surface area contributed by atoms with Gasteiger partial charge in [0.2, 0.25) is 0 Å². The Labute approximate surface area is 66.0 Å². The molecule has 1 aromatic heterocycles. The van der Waals surface area contributed by atoms with Crippen LogP contribution in [0.25, 0.3) is 0 Å². The van der Waals surface area contributed by atoms with E-state index in [9.17, 15) is 0 Å². The highest BCUT2D eigenvalue weighted by molar-refractivity contribution is 5.83. The van der Waals surface area contributed by atoms with Crippen molar-refractivity contribution >= 4 is 5.71 Å². The first-order valence-electron chi connectivity index (χ1n) is 3.46. The Kier molecular flexibility index (Phi) is 2.60. The highest BCUT2D eigenvalue weighted by Gasteiger charge is 1.94. The van der Waals surface area contributed by atoms with E-state index >= 15 is 0 Å². The predicted octanol–water partition coefficient (Wildman–Crippen LogP) is 0.959. The molecule has 1 aromatic rings. The summed E-state index contributed by atoms with van der Waals surface area (Å²) in [4.78, 5) is 4.13. The molecule has 0 unspecified atom stereocenters. The topological polar surface area (TPSA) is 51.3 Å². The SMILES string of the molecule is CC(Cc1ccccn1)=NN. The summed E-state index contributed by atoms with van der Waals surface area (Å²) in [6.45, 7) is 1.88. The Balaban J connectivity index is 2.65. The zero-order valence-corrected chi connectivity index (χ0v) is 6.49. The van der Waals surface area contributed by atoms with Gasteiger partial charge in [-0.05, 0) is 19.1 Å². The fraction of sp³-hybridized carbons (Fsp3) is 0.250. The minimum atomic E-state index is 0.733. The van der Waals surface area contributed by atoms with Crippen molar-refractivity contribution in [3.63, 3.8) is 0 Å². The molecule has 0 aliphatic rings. The molecule has 11 heavy (non-hydrogen) atoms. The van der Waals surface area contributed by atoms with Gasteiger partial charge in [-0.25, -0.2) is 0 Å². The van der Waals surface area contributed by atoms with Crippen LogP contribution in [0.2, 0.25) is 0 Å². The lowest BCUT2D eigenvalue weighted by Gasteiger charge is -1.96. The predicted molar refractivity (Wildman–Crippen MR) is 45.2 cm³/mol. The third-order valence-corrected chi connectivity index (χ3v) is 1.38. The minimum absolute atomic E-state index is 0.733. The maximum atomic E-state index is 5.08. The van der Waals surface area contributed by atoms with Gasteiger partial charge in [-0.2, -0.15) is 5.10 Å². The van der Waals surface area contributed by atoms with E-state index in [1.54, 1.807) is 6.20 Å². The molecule has 0 spiro atoms. The van der Waals surface area contributed by atoms with Gasteiger partial charge >= 0.3 is 0 Å². The number of nitrogens with two attached hydrogens (primary N) is 1. The molecular weight excluding hydrogens is 138 g/mol.